The predicted octanol–water partition coefficient (Wildman–Crippen LogP) is 4.13. The highest BCUT2D eigenvalue weighted by Gasteiger charge is 2.05. The summed E-state index contributed by atoms with van der Waals surface area (Å²) >= 11 is 0. The minimum atomic E-state index is 0.269. The monoisotopic (exact) mass is 240 g/mol. The largest absolute Gasteiger partial charge is 0.364 e. The third-order valence-corrected chi connectivity index (χ3v) is 3.14. The summed E-state index contributed by atoms with van der Waals surface area (Å²) < 4.78 is 0. The zero-order valence-electron chi connectivity index (χ0n) is 11.3. The Bertz CT molecular complexity index is 503. The van der Waals surface area contributed by atoms with Crippen LogP contribution in [0, 0.1) is 6.92 Å². The van der Waals surface area contributed by atoms with E-state index in [-0.39, 0.29) is 6.04 Å². The van der Waals surface area contributed by atoms with Gasteiger partial charge >= 0.3 is 0 Å². The molecular formula is C16H20N2. The third-order valence-electron chi connectivity index (χ3n) is 3.14. The summed E-state index contributed by atoms with van der Waals surface area (Å²) in [6.45, 7) is 6.34. The van der Waals surface area contributed by atoms with Crippen molar-refractivity contribution in [1.29, 1.82) is 0 Å². The Labute approximate surface area is 109 Å². The molecule has 0 aliphatic heterocycles. The van der Waals surface area contributed by atoms with Crippen molar-refractivity contribution < 1.29 is 0 Å². The second kappa shape index (κ2) is 5.67. The Kier molecular flexibility index (Phi) is 3.98. The average molecular weight is 240 g/mol. The lowest BCUT2D eigenvalue weighted by Gasteiger charge is -2.15. The number of benzene rings is 1. The molecule has 1 N–H and O–H groups in total. The maximum absolute atomic E-state index is 4.46. The van der Waals surface area contributed by atoms with Gasteiger partial charge in [0.2, 0.25) is 0 Å². The fraction of sp³-hybridized carbons (Fsp3) is 0.312. The first kappa shape index (κ1) is 12.6. The van der Waals surface area contributed by atoms with Gasteiger partial charge < -0.3 is 5.32 Å². The average Bonchev–Trinajstić information content (AvgIpc) is 2.39. The summed E-state index contributed by atoms with van der Waals surface area (Å²) in [5.74, 6) is 0.932. The lowest BCUT2D eigenvalue weighted by Crippen LogP contribution is -2.08. The first-order valence-electron chi connectivity index (χ1n) is 6.48. The van der Waals surface area contributed by atoms with E-state index in [1.165, 1.54) is 11.1 Å². The molecule has 18 heavy (non-hydrogen) atoms. The number of aromatic nitrogens is 1. The van der Waals surface area contributed by atoms with Crippen LogP contribution in [-0.4, -0.2) is 4.98 Å². The minimum Gasteiger partial charge on any atom is -0.364 e. The molecule has 2 heteroatoms. The van der Waals surface area contributed by atoms with Gasteiger partial charge in [-0.2, -0.15) is 0 Å². The molecule has 1 aromatic heterocycles. The normalized spacial score (nSPS) is 12.2. The van der Waals surface area contributed by atoms with E-state index in [1.807, 2.05) is 25.1 Å². The fourth-order valence-electron chi connectivity index (χ4n) is 1.97. The van der Waals surface area contributed by atoms with Gasteiger partial charge in [0.1, 0.15) is 5.82 Å². The first-order valence-corrected chi connectivity index (χ1v) is 6.48. The van der Waals surface area contributed by atoms with Gasteiger partial charge in [0.15, 0.2) is 0 Å². The van der Waals surface area contributed by atoms with Gasteiger partial charge in [-0.3, -0.25) is 0 Å². The van der Waals surface area contributed by atoms with E-state index in [9.17, 15) is 0 Å². The van der Waals surface area contributed by atoms with Crippen molar-refractivity contribution in [3.05, 3.63) is 59.3 Å². The van der Waals surface area contributed by atoms with Crippen molar-refractivity contribution in [2.45, 2.75) is 33.2 Å². The number of pyridine rings is 1. The minimum absolute atomic E-state index is 0.269. The van der Waals surface area contributed by atoms with Crippen molar-refractivity contribution in [3.8, 4) is 0 Å². The Morgan fingerprint density at radius 3 is 2.44 bits per heavy atom. The van der Waals surface area contributed by atoms with Crippen LogP contribution in [0.1, 0.15) is 36.7 Å². The number of hydrogen-bond acceptors (Lipinski definition) is 2. The number of rotatable bonds is 4. The van der Waals surface area contributed by atoms with Crippen molar-refractivity contribution in [1.82, 2.24) is 4.98 Å². The summed E-state index contributed by atoms with van der Waals surface area (Å²) in [5, 5.41) is 3.43. The molecule has 0 aliphatic rings. The van der Waals surface area contributed by atoms with Crippen molar-refractivity contribution in [3.63, 3.8) is 0 Å². The van der Waals surface area contributed by atoms with Gasteiger partial charge in [-0.05, 0) is 43.5 Å². The van der Waals surface area contributed by atoms with Gasteiger partial charge in [0.05, 0.1) is 0 Å². The van der Waals surface area contributed by atoms with Gasteiger partial charge in [0.25, 0.3) is 0 Å². The van der Waals surface area contributed by atoms with Gasteiger partial charge in [0, 0.05) is 11.7 Å². The second-order valence-corrected chi connectivity index (χ2v) is 4.63. The number of anilines is 1. The van der Waals surface area contributed by atoms with E-state index in [0.717, 1.165) is 17.9 Å². The number of hydrogen-bond donors (Lipinski definition) is 1. The fourth-order valence-corrected chi connectivity index (χ4v) is 1.97. The highest BCUT2D eigenvalue weighted by molar-refractivity contribution is 5.39. The molecule has 2 aromatic rings. The molecule has 1 heterocycles. The van der Waals surface area contributed by atoms with E-state index < -0.39 is 0 Å². The molecule has 0 spiro atoms. The van der Waals surface area contributed by atoms with Crippen LogP contribution in [0.4, 0.5) is 5.82 Å². The smallest absolute Gasteiger partial charge is 0.126 e. The molecule has 1 unspecified atom stereocenters. The zero-order valence-corrected chi connectivity index (χ0v) is 11.3. The van der Waals surface area contributed by atoms with E-state index in [1.54, 1.807) is 0 Å². The topological polar surface area (TPSA) is 24.9 Å². The summed E-state index contributed by atoms with van der Waals surface area (Å²) in [7, 11) is 0. The van der Waals surface area contributed by atoms with Crippen LogP contribution >= 0.6 is 0 Å². The zero-order chi connectivity index (χ0) is 13.0. The SMILES string of the molecule is CCc1ccc(C(C)Nc2cccc(C)n2)cc1. The Morgan fingerprint density at radius 2 is 1.83 bits per heavy atom. The van der Waals surface area contributed by atoms with Crippen LogP contribution in [0.15, 0.2) is 42.5 Å². The molecule has 0 radical (unpaired) electrons. The lowest BCUT2D eigenvalue weighted by molar-refractivity contribution is 0.870. The van der Waals surface area contributed by atoms with Crippen LogP contribution in [0.25, 0.3) is 0 Å². The highest BCUT2D eigenvalue weighted by Crippen LogP contribution is 2.18. The molecule has 0 aliphatic carbocycles. The number of aryl methyl sites for hydroxylation is 2. The van der Waals surface area contributed by atoms with E-state index in [4.69, 9.17) is 0 Å². The summed E-state index contributed by atoms with van der Waals surface area (Å²) in [5.41, 5.74) is 3.70. The Hall–Kier alpha value is -1.83. The van der Waals surface area contributed by atoms with E-state index >= 15 is 0 Å². The molecule has 94 valence electrons. The molecule has 1 aromatic carbocycles. The van der Waals surface area contributed by atoms with Crippen molar-refractivity contribution >= 4 is 5.82 Å². The van der Waals surface area contributed by atoms with Gasteiger partial charge in [-0.15, -0.1) is 0 Å². The molecular weight excluding hydrogens is 220 g/mol. The molecule has 2 nitrogen and oxygen atoms in total. The maximum Gasteiger partial charge on any atom is 0.126 e. The molecule has 0 fully saturated rings. The van der Waals surface area contributed by atoms with Crippen LogP contribution in [0.5, 0.6) is 0 Å². The molecule has 0 bridgehead atoms. The second-order valence-electron chi connectivity index (χ2n) is 4.63. The molecule has 0 saturated heterocycles. The van der Waals surface area contributed by atoms with E-state index in [0.29, 0.717) is 0 Å². The predicted molar refractivity (Wildman–Crippen MR) is 76.8 cm³/mol. The van der Waals surface area contributed by atoms with Crippen LogP contribution in [0.2, 0.25) is 0 Å². The van der Waals surface area contributed by atoms with Crippen LogP contribution in [0.3, 0.4) is 0 Å². The Balaban J connectivity index is 2.09. The molecule has 1 atom stereocenters. The highest BCUT2D eigenvalue weighted by atomic mass is 15.0. The summed E-state index contributed by atoms with van der Waals surface area (Å²) in [4.78, 5) is 4.46. The quantitative estimate of drug-likeness (QED) is 0.869. The molecule has 2 rings (SSSR count). The molecule has 0 amide bonds. The Morgan fingerprint density at radius 1 is 1.11 bits per heavy atom. The van der Waals surface area contributed by atoms with Crippen LogP contribution in [-0.2, 0) is 6.42 Å². The lowest BCUT2D eigenvalue weighted by atomic mass is 10.1. The maximum atomic E-state index is 4.46. The number of nitrogens with zero attached hydrogens (tertiary/aromatic N) is 1. The summed E-state index contributed by atoms with van der Waals surface area (Å²) in [6.07, 6.45) is 1.08. The third kappa shape index (κ3) is 3.10. The van der Waals surface area contributed by atoms with Crippen molar-refractivity contribution in [2.24, 2.45) is 0 Å². The number of nitrogens with one attached hydrogen (secondary N) is 1. The van der Waals surface area contributed by atoms with Crippen LogP contribution < -0.4 is 5.32 Å². The molecule has 0 saturated carbocycles. The summed E-state index contributed by atoms with van der Waals surface area (Å²) in [6, 6.07) is 15.1. The van der Waals surface area contributed by atoms with E-state index in [2.05, 4.69) is 48.4 Å². The van der Waals surface area contributed by atoms with Gasteiger partial charge in [-0.25, -0.2) is 4.98 Å². The van der Waals surface area contributed by atoms with Gasteiger partial charge in [-0.1, -0.05) is 37.3 Å². The standard InChI is InChI=1S/C16H20N2/c1-4-14-8-10-15(11-9-14)13(3)18-16-7-5-6-12(2)17-16/h5-11,13H,4H2,1-3H3,(H,17,18). The first-order chi connectivity index (χ1) is 8.69. The van der Waals surface area contributed by atoms with Crippen molar-refractivity contribution in [2.75, 3.05) is 5.32 Å².